The molecule has 0 amide bonds. The fourth-order valence-corrected chi connectivity index (χ4v) is 5.00. The van der Waals surface area contributed by atoms with Crippen LogP contribution in [-0.2, 0) is 4.57 Å². The van der Waals surface area contributed by atoms with Gasteiger partial charge in [-0.25, -0.2) is 0 Å². The fraction of sp³-hybridized carbons (Fsp3) is 0.750. The second-order valence-electron chi connectivity index (χ2n) is 12.0. The van der Waals surface area contributed by atoms with Crippen LogP contribution in [0.15, 0.2) is 35.7 Å². The van der Waals surface area contributed by atoms with Crippen LogP contribution in [0.5, 0.6) is 0 Å². The molecule has 0 bridgehead atoms. The van der Waals surface area contributed by atoms with Crippen LogP contribution in [0, 0.1) is 0 Å². The monoisotopic (exact) mass is 1080 g/mol. The minimum atomic E-state index is -9.02. The second-order valence-corrected chi connectivity index (χ2v) is 14.4. The summed E-state index contributed by atoms with van der Waals surface area (Å²) in [6.45, 7) is 0. The molecule has 0 aromatic heterocycles. The minimum absolute atomic E-state index is 2.44. The van der Waals surface area contributed by atoms with Gasteiger partial charge in [0, 0.05) is 0 Å². The van der Waals surface area contributed by atoms with Crippen LogP contribution in [0.1, 0.15) is 0 Å². The molecule has 0 saturated carbocycles. The predicted octanol–water partition coefficient (Wildman–Crippen LogP) is 15.1. The normalized spacial score (nSPS) is 17.3. The summed E-state index contributed by atoms with van der Waals surface area (Å²) >= 11 is 0. The molecule has 0 spiro atoms. The highest BCUT2D eigenvalue weighted by atomic mass is 31.2. The first-order valence-corrected chi connectivity index (χ1v) is 15.9. The van der Waals surface area contributed by atoms with Gasteiger partial charge < -0.3 is 4.57 Å². The molecule has 1 nitrogen and oxygen atoms in total. The van der Waals surface area contributed by atoms with Crippen LogP contribution >= 0.6 is 7.14 Å². The van der Waals surface area contributed by atoms with E-state index in [-0.39, 0.29) is 0 Å². The molecule has 41 heteroatoms. The number of alkyl halides is 39. The summed E-state index contributed by atoms with van der Waals surface area (Å²) in [5.74, 6) is -138. The molecule has 0 aliphatic rings. The third-order valence-corrected chi connectivity index (χ3v) is 9.27. The van der Waals surface area contributed by atoms with Gasteiger partial charge in [-0.3, -0.25) is 0 Å². The van der Waals surface area contributed by atoms with Crippen LogP contribution in [0.2, 0.25) is 0 Å². The van der Waals surface area contributed by atoms with Crippen molar-refractivity contribution in [2.75, 3.05) is 0 Å². The van der Waals surface area contributed by atoms with Crippen LogP contribution in [0.4, 0.5) is 171 Å². The fourth-order valence-electron chi connectivity index (χ4n) is 3.44. The van der Waals surface area contributed by atoms with Gasteiger partial charge in [0.15, 0.2) is 0 Å². The van der Waals surface area contributed by atoms with E-state index in [1.807, 2.05) is 0 Å². The first-order chi connectivity index (χ1) is 27.4. The number of halogens is 39. The molecule has 0 aromatic carbocycles. The first kappa shape index (κ1) is 61.7. The minimum Gasteiger partial charge on any atom is -0.311 e. The van der Waals surface area contributed by atoms with E-state index in [1.165, 1.54) is 0 Å². The highest BCUT2D eigenvalue weighted by Gasteiger charge is 2.93. The van der Waals surface area contributed by atoms with Crippen molar-refractivity contribution in [2.24, 2.45) is 0 Å². The summed E-state index contributed by atoms with van der Waals surface area (Å²) in [7, 11) is -7.94. The molecular formula is C24H6F39OP. The van der Waals surface area contributed by atoms with Gasteiger partial charge in [0.2, 0.25) is 0 Å². The zero-order valence-corrected chi connectivity index (χ0v) is 29.0. The van der Waals surface area contributed by atoms with E-state index in [0.29, 0.717) is 0 Å². The number of hydrogen-bond acceptors (Lipinski definition) is 1. The Morgan fingerprint density at radius 3 is 0.446 bits per heavy atom. The smallest absolute Gasteiger partial charge is 0.311 e. The molecule has 0 N–H and O–H groups in total. The summed E-state index contributed by atoms with van der Waals surface area (Å²) in [4.78, 5) is 0. The molecule has 0 unspecified atom stereocenters. The Morgan fingerprint density at radius 1 is 0.200 bits per heavy atom. The summed E-state index contributed by atoms with van der Waals surface area (Å²) in [6, 6.07) is 0. The highest BCUT2D eigenvalue weighted by molar-refractivity contribution is 7.73. The molecule has 0 aliphatic carbocycles. The molecule has 0 atom stereocenters. The predicted molar refractivity (Wildman–Crippen MR) is 127 cm³/mol. The molecular weight excluding hydrogens is 1080 g/mol. The van der Waals surface area contributed by atoms with Crippen LogP contribution in [0.3, 0.4) is 0 Å². The van der Waals surface area contributed by atoms with Gasteiger partial charge in [-0.15, -0.1) is 0 Å². The summed E-state index contributed by atoms with van der Waals surface area (Å²) in [5.41, 5.74) is 0. The molecule has 0 radical (unpaired) electrons. The molecule has 0 heterocycles. The standard InChI is InChI=1S/C24H6F39OP/c25-7(26,10(31,32)13(37,38)16(43,44)19(49,50)22(55,56)57)1-4-65(64,5-2-8(27,28)11(33,34)14(39,40)17(45,46)20(51,52)23(58,59)60)6-3-9(29,30)12(35,36)15(41,42)18(47,48)21(53,54)24(61,62)63/h1-6H/b4-1+,5-2+,6-3+. The van der Waals surface area contributed by atoms with Gasteiger partial charge in [0.25, 0.3) is 0 Å². The molecule has 386 valence electrons. The van der Waals surface area contributed by atoms with Gasteiger partial charge >= 0.3 is 107 Å². The van der Waals surface area contributed by atoms with E-state index in [4.69, 9.17) is 0 Å². The van der Waals surface area contributed by atoms with E-state index in [9.17, 15) is 176 Å². The van der Waals surface area contributed by atoms with E-state index in [1.54, 1.807) is 0 Å². The van der Waals surface area contributed by atoms with Crippen molar-refractivity contribution in [3.05, 3.63) is 35.7 Å². The maximum Gasteiger partial charge on any atom is 0.460 e. The second kappa shape index (κ2) is 15.9. The lowest BCUT2D eigenvalue weighted by Crippen LogP contribution is -2.69. The number of hydrogen-bond donors (Lipinski definition) is 0. The number of rotatable bonds is 18. The quantitative estimate of drug-likeness (QED) is 0.0988. The van der Waals surface area contributed by atoms with E-state index >= 15 is 0 Å². The summed E-state index contributed by atoms with van der Waals surface area (Å²) < 4.78 is 533. The van der Waals surface area contributed by atoms with Gasteiger partial charge in [-0.1, -0.05) is 0 Å². The van der Waals surface area contributed by atoms with Crippen molar-refractivity contribution >= 4 is 7.14 Å². The largest absolute Gasteiger partial charge is 0.460 e. The topological polar surface area (TPSA) is 17.1 Å². The van der Waals surface area contributed by atoms with Crippen molar-refractivity contribution in [1.29, 1.82) is 0 Å². The average Bonchev–Trinajstić information content (AvgIpc) is 3.06. The van der Waals surface area contributed by atoms with Gasteiger partial charge in [0.1, 0.15) is 7.14 Å². The lowest BCUT2D eigenvalue weighted by atomic mass is 9.94. The van der Waals surface area contributed by atoms with Crippen molar-refractivity contribution < 1.29 is 176 Å². The number of allylic oxidation sites excluding steroid dienone is 3. The maximum absolute atomic E-state index is 14.2. The van der Waals surface area contributed by atoms with Gasteiger partial charge in [-0.2, -0.15) is 171 Å². The third kappa shape index (κ3) is 8.98. The Hall–Kier alpha value is -3.28. The molecule has 65 heavy (non-hydrogen) atoms. The SMILES string of the molecule is O=P(/C=C/C(F)(F)C(F)(F)C(F)(F)C(F)(F)C(F)(F)C(F)(F)F)(/C=C/C(F)(F)C(F)(F)C(F)(F)C(F)(F)C(F)(F)C(F)(F)F)/C=C/C(F)(F)C(F)(F)C(F)(F)C(F)(F)C(F)(F)C(F)(F)F. The zero-order valence-electron chi connectivity index (χ0n) is 28.1. The molecule has 0 fully saturated rings. The zero-order chi connectivity index (χ0) is 53.7. The Balaban J connectivity index is 8.37. The molecule has 0 aliphatic heterocycles. The van der Waals surface area contributed by atoms with Crippen molar-refractivity contribution in [2.45, 2.75) is 107 Å². The highest BCUT2D eigenvalue weighted by Crippen LogP contribution is 2.65. The van der Waals surface area contributed by atoms with Crippen molar-refractivity contribution in [1.82, 2.24) is 0 Å². The summed E-state index contributed by atoms with van der Waals surface area (Å²) in [6.07, 6.45) is -33.4. The Morgan fingerprint density at radius 2 is 0.323 bits per heavy atom. The first-order valence-electron chi connectivity index (χ1n) is 13.9. The van der Waals surface area contributed by atoms with Crippen molar-refractivity contribution in [3.8, 4) is 0 Å². The van der Waals surface area contributed by atoms with Crippen LogP contribution in [0.25, 0.3) is 0 Å². The van der Waals surface area contributed by atoms with E-state index < -0.39 is 150 Å². The average molecular weight is 1080 g/mol. The van der Waals surface area contributed by atoms with Crippen LogP contribution < -0.4 is 0 Å². The van der Waals surface area contributed by atoms with E-state index in [0.717, 1.165) is 0 Å². The molecule has 0 aromatic rings. The third-order valence-electron chi connectivity index (χ3n) is 7.42. The maximum atomic E-state index is 14.2. The molecule has 0 rings (SSSR count). The van der Waals surface area contributed by atoms with Crippen molar-refractivity contribution in [3.63, 3.8) is 0 Å². The lowest BCUT2D eigenvalue weighted by Gasteiger charge is -2.39. The Bertz CT molecular complexity index is 1640. The lowest BCUT2D eigenvalue weighted by molar-refractivity contribution is -0.436. The van der Waals surface area contributed by atoms with Gasteiger partial charge in [0.05, 0.1) is 0 Å². The molecule has 0 saturated heterocycles. The Kier molecular flexibility index (Phi) is 15.1. The van der Waals surface area contributed by atoms with E-state index in [2.05, 4.69) is 0 Å². The van der Waals surface area contributed by atoms with Gasteiger partial charge in [-0.05, 0) is 35.7 Å². The van der Waals surface area contributed by atoms with Crippen LogP contribution in [-0.4, -0.2) is 107 Å². The Labute approximate surface area is 327 Å². The summed E-state index contributed by atoms with van der Waals surface area (Å²) in [5, 5.41) is 0.